The van der Waals surface area contributed by atoms with E-state index in [1.807, 2.05) is 18.2 Å². The Bertz CT molecular complexity index is 636. The molecule has 4 N–H and O–H groups in total. The normalized spacial score (nSPS) is 15.1. The monoisotopic (exact) mass is 299 g/mol. The maximum Gasteiger partial charge on any atom is 0.232 e. The van der Waals surface area contributed by atoms with Crippen LogP contribution in [0.3, 0.4) is 0 Å². The maximum absolute atomic E-state index is 5.85. The van der Waals surface area contributed by atoms with Crippen molar-refractivity contribution in [1.29, 1.82) is 0 Å². The minimum atomic E-state index is 0.278. The number of nitrogens with one attached hydrogen (secondary N) is 2. The number of nitrogens with two attached hydrogens (primary N) is 1. The molecule has 0 saturated carbocycles. The van der Waals surface area contributed by atoms with Crippen molar-refractivity contribution in [3.63, 3.8) is 0 Å². The van der Waals surface area contributed by atoms with Crippen LogP contribution in [0.2, 0.25) is 0 Å². The molecule has 1 saturated heterocycles. The lowest BCUT2D eigenvalue weighted by Gasteiger charge is -2.13. The van der Waals surface area contributed by atoms with Gasteiger partial charge in [0.1, 0.15) is 6.54 Å². The van der Waals surface area contributed by atoms with Crippen LogP contribution in [-0.2, 0) is 13.0 Å². The lowest BCUT2D eigenvalue weighted by molar-refractivity contribution is -0.902. The van der Waals surface area contributed by atoms with Crippen molar-refractivity contribution >= 4 is 17.6 Å². The van der Waals surface area contributed by atoms with E-state index >= 15 is 0 Å². The SMILES string of the molecule is CCc1ccccc1Nc1nc(N)nc(C[NH+]2CCCC2)n1. The fourth-order valence-electron chi connectivity index (χ4n) is 2.92. The van der Waals surface area contributed by atoms with Crippen LogP contribution in [0, 0.1) is 0 Å². The summed E-state index contributed by atoms with van der Waals surface area (Å²) in [4.78, 5) is 14.5. The maximum atomic E-state index is 5.85. The number of aryl methyl sites for hydroxylation is 1. The highest BCUT2D eigenvalue weighted by Crippen LogP contribution is 2.19. The topological polar surface area (TPSA) is 81.2 Å². The molecule has 0 atom stereocenters. The highest BCUT2D eigenvalue weighted by molar-refractivity contribution is 5.58. The molecule has 1 aromatic carbocycles. The first kappa shape index (κ1) is 14.7. The van der Waals surface area contributed by atoms with E-state index in [2.05, 4.69) is 33.3 Å². The van der Waals surface area contributed by atoms with Gasteiger partial charge in [-0.15, -0.1) is 0 Å². The molecule has 6 heteroatoms. The Morgan fingerprint density at radius 1 is 1.14 bits per heavy atom. The van der Waals surface area contributed by atoms with Crippen molar-refractivity contribution in [2.75, 3.05) is 24.1 Å². The zero-order valence-electron chi connectivity index (χ0n) is 13.0. The predicted molar refractivity (Wildman–Crippen MR) is 87.0 cm³/mol. The van der Waals surface area contributed by atoms with Crippen LogP contribution in [-0.4, -0.2) is 28.0 Å². The summed E-state index contributed by atoms with van der Waals surface area (Å²) in [5.41, 5.74) is 8.10. The van der Waals surface area contributed by atoms with Gasteiger partial charge in [0, 0.05) is 18.5 Å². The molecule has 0 radical (unpaired) electrons. The number of aromatic nitrogens is 3. The minimum absolute atomic E-state index is 0.278. The largest absolute Gasteiger partial charge is 0.368 e. The van der Waals surface area contributed by atoms with Gasteiger partial charge >= 0.3 is 0 Å². The van der Waals surface area contributed by atoms with E-state index in [9.17, 15) is 0 Å². The lowest BCUT2D eigenvalue weighted by Crippen LogP contribution is -3.08. The molecule has 0 amide bonds. The number of anilines is 3. The van der Waals surface area contributed by atoms with E-state index in [0.29, 0.717) is 5.95 Å². The molecule has 2 heterocycles. The molecule has 3 rings (SSSR count). The summed E-state index contributed by atoms with van der Waals surface area (Å²) in [5.74, 6) is 1.57. The molecule has 0 aliphatic carbocycles. The van der Waals surface area contributed by atoms with Gasteiger partial charge in [0.15, 0.2) is 5.82 Å². The second-order valence-electron chi connectivity index (χ2n) is 5.70. The first-order valence-corrected chi connectivity index (χ1v) is 7.93. The van der Waals surface area contributed by atoms with Crippen LogP contribution >= 0.6 is 0 Å². The summed E-state index contributed by atoms with van der Waals surface area (Å²) < 4.78 is 0. The molecular weight excluding hydrogens is 276 g/mol. The van der Waals surface area contributed by atoms with Gasteiger partial charge in [0.05, 0.1) is 13.1 Å². The molecule has 0 unspecified atom stereocenters. The quantitative estimate of drug-likeness (QED) is 0.765. The third-order valence-corrected chi connectivity index (χ3v) is 4.06. The zero-order chi connectivity index (χ0) is 15.4. The summed E-state index contributed by atoms with van der Waals surface area (Å²) in [7, 11) is 0. The number of benzene rings is 1. The molecule has 6 nitrogen and oxygen atoms in total. The Morgan fingerprint density at radius 3 is 2.68 bits per heavy atom. The second-order valence-corrected chi connectivity index (χ2v) is 5.70. The first-order chi connectivity index (χ1) is 10.7. The van der Waals surface area contributed by atoms with Gasteiger partial charge in [-0.2, -0.15) is 15.0 Å². The van der Waals surface area contributed by atoms with Crippen molar-refractivity contribution in [2.24, 2.45) is 0 Å². The summed E-state index contributed by atoms with van der Waals surface area (Å²) >= 11 is 0. The Morgan fingerprint density at radius 2 is 1.91 bits per heavy atom. The van der Waals surface area contributed by atoms with Crippen molar-refractivity contribution in [1.82, 2.24) is 15.0 Å². The van der Waals surface area contributed by atoms with Gasteiger partial charge in [0.2, 0.25) is 11.9 Å². The average Bonchev–Trinajstić information content (AvgIpc) is 3.00. The number of nitrogen functional groups attached to an aromatic ring is 1. The van der Waals surface area contributed by atoms with Crippen molar-refractivity contribution in [2.45, 2.75) is 32.7 Å². The Balaban J connectivity index is 1.79. The Kier molecular flexibility index (Phi) is 4.48. The third kappa shape index (κ3) is 3.51. The fraction of sp³-hybridized carbons (Fsp3) is 0.438. The van der Waals surface area contributed by atoms with Crippen LogP contribution in [0.1, 0.15) is 31.2 Å². The summed E-state index contributed by atoms with van der Waals surface area (Å²) in [5, 5.41) is 3.28. The summed E-state index contributed by atoms with van der Waals surface area (Å²) in [6, 6.07) is 8.17. The van der Waals surface area contributed by atoms with Gasteiger partial charge < -0.3 is 16.0 Å². The van der Waals surface area contributed by atoms with Gasteiger partial charge in [-0.05, 0) is 18.1 Å². The number of rotatable bonds is 5. The smallest absolute Gasteiger partial charge is 0.232 e. The molecule has 116 valence electrons. The first-order valence-electron chi connectivity index (χ1n) is 7.93. The minimum Gasteiger partial charge on any atom is -0.368 e. The molecule has 0 bridgehead atoms. The van der Waals surface area contributed by atoms with Gasteiger partial charge in [-0.25, -0.2) is 0 Å². The number of quaternary nitrogens is 1. The van der Waals surface area contributed by atoms with E-state index in [1.165, 1.54) is 36.4 Å². The predicted octanol–water partition coefficient (Wildman–Crippen LogP) is 0.938. The molecule has 1 aliphatic heterocycles. The van der Waals surface area contributed by atoms with Crippen LogP contribution in [0.15, 0.2) is 24.3 Å². The summed E-state index contributed by atoms with van der Waals surface area (Å²) in [6.45, 7) is 5.32. The fourth-order valence-corrected chi connectivity index (χ4v) is 2.92. The van der Waals surface area contributed by atoms with E-state index in [-0.39, 0.29) is 5.95 Å². The number of hydrogen-bond acceptors (Lipinski definition) is 5. The molecule has 0 spiro atoms. The van der Waals surface area contributed by atoms with Crippen molar-refractivity contribution < 1.29 is 4.90 Å². The zero-order valence-corrected chi connectivity index (χ0v) is 13.0. The van der Waals surface area contributed by atoms with Crippen molar-refractivity contribution in [3.8, 4) is 0 Å². The van der Waals surface area contributed by atoms with Crippen LogP contribution in [0.5, 0.6) is 0 Å². The van der Waals surface area contributed by atoms with Crippen molar-refractivity contribution in [3.05, 3.63) is 35.7 Å². The number of para-hydroxylation sites is 1. The second kappa shape index (κ2) is 6.70. The Hall–Kier alpha value is -2.21. The molecule has 2 aromatic rings. The summed E-state index contributed by atoms with van der Waals surface area (Å²) in [6.07, 6.45) is 3.52. The highest BCUT2D eigenvalue weighted by Gasteiger charge is 2.18. The van der Waals surface area contributed by atoms with E-state index in [0.717, 1.165) is 24.5 Å². The van der Waals surface area contributed by atoms with E-state index in [4.69, 9.17) is 5.73 Å². The Labute approximate surface area is 130 Å². The number of hydrogen-bond donors (Lipinski definition) is 3. The molecule has 1 fully saturated rings. The standard InChI is InChI=1S/C16H22N6/c1-2-12-7-3-4-8-13(12)18-16-20-14(19-15(17)21-16)11-22-9-5-6-10-22/h3-4,7-8H,2,5-6,9-11H2,1H3,(H3,17,18,19,20,21)/p+1. The number of likely N-dealkylation sites (tertiary alicyclic amines) is 1. The number of nitrogens with zero attached hydrogens (tertiary/aromatic N) is 3. The molecule has 1 aliphatic rings. The van der Waals surface area contributed by atoms with E-state index in [1.54, 1.807) is 0 Å². The average molecular weight is 299 g/mol. The van der Waals surface area contributed by atoms with Gasteiger partial charge in [0.25, 0.3) is 0 Å². The molecular formula is C16H23N6+. The lowest BCUT2D eigenvalue weighted by atomic mass is 10.1. The van der Waals surface area contributed by atoms with Crippen LogP contribution < -0.4 is 16.0 Å². The van der Waals surface area contributed by atoms with E-state index < -0.39 is 0 Å². The van der Waals surface area contributed by atoms with Crippen LogP contribution in [0.25, 0.3) is 0 Å². The van der Waals surface area contributed by atoms with Crippen LogP contribution in [0.4, 0.5) is 17.6 Å². The van der Waals surface area contributed by atoms with Gasteiger partial charge in [-0.1, -0.05) is 25.1 Å². The van der Waals surface area contributed by atoms with Gasteiger partial charge in [-0.3, -0.25) is 0 Å². The molecule has 22 heavy (non-hydrogen) atoms. The highest BCUT2D eigenvalue weighted by atomic mass is 15.2. The third-order valence-electron chi connectivity index (χ3n) is 4.06. The molecule has 1 aromatic heterocycles.